The Morgan fingerprint density at radius 3 is 2.71 bits per heavy atom. The van der Waals surface area contributed by atoms with Crippen LogP contribution in [0.5, 0.6) is 0 Å². The van der Waals surface area contributed by atoms with Gasteiger partial charge in [0.25, 0.3) is 0 Å². The van der Waals surface area contributed by atoms with E-state index in [-0.39, 0.29) is 6.04 Å². The maximum Gasteiger partial charge on any atom is 0.0580 e. The second-order valence-electron chi connectivity index (χ2n) is 5.94. The first-order chi connectivity index (χ1) is 10.3. The van der Waals surface area contributed by atoms with Gasteiger partial charge >= 0.3 is 0 Å². The fourth-order valence-corrected chi connectivity index (χ4v) is 3.41. The largest absolute Gasteiger partial charge is 0.378 e. The van der Waals surface area contributed by atoms with Crippen molar-refractivity contribution in [3.63, 3.8) is 0 Å². The lowest BCUT2D eigenvalue weighted by Crippen LogP contribution is -2.36. The maximum absolute atomic E-state index is 5.83. The van der Waals surface area contributed by atoms with Crippen LogP contribution in [0.1, 0.15) is 37.8 Å². The number of hydrazine groups is 1. The third-order valence-electron chi connectivity index (χ3n) is 4.56. The topological polar surface area (TPSA) is 47.3 Å². The number of hydrogen-bond donors (Lipinski definition) is 2. The summed E-state index contributed by atoms with van der Waals surface area (Å²) in [6.45, 7) is 2.88. The van der Waals surface area contributed by atoms with Gasteiger partial charge in [0.2, 0.25) is 0 Å². The number of nitrogens with two attached hydrogens (primary N) is 1. The molecule has 1 atom stereocenters. The summed E-state index contributed by atoms with van der Waals surface area (Å²) in [4.78, 5) is 0. The molecule has 21 heavy (non-hydrogen) atoms. The highest BCUT2D eigenvalue weighted by molar-refractivity contribution is 5.86. The molecule has 0 saturated heterocycles. The Morgan fingerprint density at radius 1 is 1.19 bits per heavy atom. The number of nitrogens with one attached hydrogen (secondary N) is 1. The molecule has 2 aromatic rings. The van der Waals surface area contributed by atoms with Crippen molar-refractivity contribution in [2.24, 2.45) is 11.8 Å². The van der Waals surface area contributed by atoms with Crippen LogP contribution in [0.2, 0.25) is 0 Å². The molecule has 112 valence electrons. The Morgan fingerprint density at radius 2 is 1.95 bits per heavy atom. The van der Waals surface area contributed by atoms with E-state index in [0.29, 0.717) is 12.0 Å². The second-order valence-corrected chi connectivity index (χ2v) is 5.94. The summed E-state index contributed by atoms with van der Waals surface area (Å²) in [6.07, 6.45) is 3.87. The fraction of sp³-hybridized carbons (Fsp3) is 0.444. The van der Waals surface area contributed by atoms with Crippen LogP contribution in [0, 0.1) is 5.92 Å². The lowest BCUT2D eigenvalue weighted by Gasteiger charge is -2.37. The van der Waals surface area contributed by atoms with E-state index in [1.54, 1.807) is 0 Å². The molecular formula is C18H24N2O. The third kappa shape index (κ3) is 3.10. The van der Waals surface area contributed by atoms with Crippen LogP contribution >= 0.6 is 0 Å². The van der Waals surface area contributed by atoms with Crippen LogP contribution in [0.3, 0.4) is 0 Å². The normalized spacial score (nSPS) is 23.0. The van der Waals surface area contributed by atoms with E-state index in [2.05, 4.69) is 54.8 Å². The monoisotopic (exact) mass is 284 g/mol. The molecule has 0 aromatic heterocycles. The highest BCUT2D eigenvalue weighted by atomic mass is 16.5. The second kappa shape index (κ2) is 6.56. The van der Waals surface area contributed by atoms with Gasteiger partial charge in [0, 0.05) is 12.6 Å². The van der Waals surface area contributed by atoms with Crippen molar-refractivity contribution in [1.82, 2.24) is 5.43 Å². The quantitative estimate of drug-likeness (QED) is 0.630. The van der Waals surface area contributed by atoms with Gasteiger partial charge in [-0.1, -0.05) is 42.5 Å². The van der Waals surface area contributed by atoms with Gasteiger partial charge in [0.1, 0.15) is 0 Å². The van der Waals surface area contributed by atoms with Crippen molar-refractivity contribution in [2.75, 3.05) is 6.61 Å². The van der Waals surface area contributed by atoms with Crippen LogP contribution in [-0.2, 0) is 4.74 Å². The van der Waals surface area contributed by atoms with Crippen molar-refractivity contribution in [3.05, 3.63) is 48.0 Å². The molecule has 0 bridgehead atoms. The van der Waals surface area contributed by atoms with Gasteiger partial charge in [0.05, 0.1) is 6.10 Å². The molecule has 3 rings (SSSR count). The lowest BCUT2D eigenvalue weighted by atomic mass is 9.77. The Bertz CT molecular complexity index is 587. The van der Waals surface area contributed by atoms with E-state index < -0.39 is 0 Å². The van der Waals surface area contributed by atoms with E-state index >= 15 is 0 Å². The summed E-state index contributed by atoms with van der Waals surface area (Å²) < 4.78 is 5.65. The molecule has 0 heterocycles. The van der Waals surface area contributed by atoms with Gasteiger partial charge in [-0.3, -0.25) is 11.3 Å². The summed E-state index contributed by atoms with van der Waals surface area (Å²) in [5.74, 6) is 6.54. The zero-order chi connectivity index (χ0) is 14.7. The van der Waals surface area contributed by atoms with Crippen LogP contribution in [-0.4, -0.2) is 12.7 Å². The summed E-state index contributed by atoms with van der Waals surface area (Å²) in [5.41, 5.74) is 4.32. The molecule has 3 N–H and O–H groups in total. The number of fused-ring (bicyclic) bond motifs is 1. The van der Waals surface area contributed by atoms with Gasteiger partial charge in [-0.25, -0.2) is 0 Å². The molecule has 0 spiro atoms. The first-order valence-electron chi connectivity index (χ1n) is 7.87. The van der Waals surface area contributed by atoms with Gasteiger partial charge in [0.15, 0.2) is 0 Å². The SMILES string of the molecule is CCOC1CC(CC(NN)c2cccc3ccccc23)C1. The number of hydrogen-bond acceptors (Lipinski definition) is 3. The summed E-state index contributed by atoms with van der Waals surface area (Å²) >= 11 is 0. The van der Waals surface area contributed by atoms with E-state index in [9.17, 15) is 0 Å². The van der Waals surface area contributed by atoms with Gasteiger partial charge in [-0.2, -0.15) is 0 Å². The predicted molar refractivity (Wildman–Crippen MR) is 86.8 cm³/mol. The summed E-state index contributed by atoms with van der Waals surface area (Å²) in [5, 5.41) is 2.57. The van der Waals surface area contributed by atoms with E-state index in [1.807, 2.05) is 0 Å². The Kier molecular flexibility index (Phi) is 4.54. The van der Waals surface area contributed by atoms with E-state index in [0.717, 1.165) is 25.9 Å². The average molecular weight is 284 g/mol. The summed E-state index contributed by atoms with van der Waals surface area (Å²) in [7, 11) is 0. The zero-order valence-corrected chi connectivity index (χ0v) is 12.6. The van der Waals surface area contributed by atoms with Crippen LogP contribution in [0.15, 0.2) is 42.5 Å². The minimum absolute atomic E-state index is 0.212. The molecule has 1 aliphatic rings. The molecule has 1 unspecified atom stereocenters. The molecule has 1 aliphatic carbocycles. The molecular weight excluding hydrogens is 260 g/mol. The highest BCUT2D eigenvalue weighted by Crippen LogP contribution is 2.38. The Balaban J connectivity index is 1.74. The minimum atomic E-state index is 0.212. The smallest absolute Gasteiger partial charge is 0.0580 e. The van der Waals surface area contributed by atoms with Crippen LogP contribution < -0.4 is 11.3 Å². The van der Waals surface area contributed by atoms with Gasteiger partial charge in [-0.05, 0) is 48.4 Å². The van der Waals surface area contributed by atoms with E-state index in [1.165, 1.54) is 16.3 Å². The van der Waals surface area contributed by atoms with Crippen LogP contribution in [0.4, 0.5) is 0 Å². The van der Waals surface area contributed by atoms with Crippen molar-refractivity contribution in [3.8, 4) is 0 Å². The first-order valence-corrected chi connectivity index (χ1v) is 7.87. The molecule has 1 saturated carbocycles. The molecule has 0 amide bonds. The molecule has 2 aromatic carbocycles. The molecule has 0 radical (unpaired) electrons. The maximum atomic E-state index is 5.83. The van der Waals surface area contributed by atoms with Gasteiger partial charge < -0.3 is 4.74 Å². The Hall–Kier alpha value is -1.42. The first kappa shape index (κ1) is 14.5. The Labute approximate surface area is 126 Å². The number of rotatable bonds is 6. The summed E-state index contributed by atoms with van der Waals surface area (Å²) in [6, 6.07) is 15.2. The van der Waals surface area contributed by atoms with Crippen LogP contribution in [0.25, 0.3) is 10.8 Å². The van der Waals surface area contributed by atoms with Crippen molar-refractivity contribution < 1.29 is 4.74 Å². The van der Waals surface area contributed by atoms with Crippen molar-refractivity contribution in [2.45, 2.75) is 38.3 Å². The predicted octanol–water partition coefficient (Wildman–Crippen LogP) is 3.55. The number of ether oxygens (including phenoxy) is 1. The lowest BCUT2D eigenvalue weighted by molar-refractivity contribution is -0.0291. The number of benzene rings is 2. The third-order valence-corrected chi connectivity index (χ3v) is 4.56. The molecule has 3 nitrogen and oxygen atoms in total. The molecule has 3 heteroatoms. The highest BCUT2D eigenvalue weighted by Gasteiger charge is 2.31. The fourth-order valence-electron chi connectivity index (χ4n) is 3.41. The zero-order valence-electron chi connectivity index (χ0n) is 12.6. The standard InChI is InChI=1S/C18H24N2O/c1-2-21-15-10-13(11-15)12-18(20-19)17-9-5-7-14-6-3-4-8-16(14)17/h3-9,13,15,18,20H,2,10-12,19H2,1H3. The average Bonchev–Trinajstić information content (AvgIpc) is 2.49. The van der Waals surface area contributed by atoms with E-state index in [4.69, 9.17) is 10.6 Å². The molecule has 1 fully saturated rings. The van der Waals surface area contributed by atoms with Crippen molar-refractivity contribution in [1.29, 1.82) is 0 Å². The molecule has 0 aliphatic heterocycles. The van der Waals surface area contributed by atoms with Crippen molar-refractivity contribution >= 4 is 10.8 Å². The van der Waals surface area contributed by atoms with Gasteiger partial charge in [-0.15, -0.1) is 0 Å². The minimum Gasteiger partial charge on any atom is -0.378 e.